The minimum atomic E-state index is 0.308. The Hall–Kier alpha value is -0.840. The highest BCUT2D eigenvalue weighted by Gasteiger charge is 2.28. The van der Waals surface area contributed by atoms with Gasteiger partial charge in [-0.15, -0.1) is 0 Å². The standard InChI is InChI=1S/C15H22ClN3S/c1-15(6-8-19(2)9-7-15)10-18-12-5-3-4-11(16)13(12)14(17)20/h3-5,18H,6-10H2,1-2H3,(H2,17,20). The van der Waals surface area contributed by atoms with Crippen molar-refractivity contribution in [3.63, 3.8) is 0 Å². The molecule has 2 rings (SSSR count). The molecular formula is C15H22ClN3S. The van der Waals surface area contributed by atoms with Gasteiger partial charge in [0.2, 0.25) is 0 Å². The van der Waals surface area contributed by atoms with Crippen LogP contribution in [-0.2, 0) is 0 Å². The maximum absolute atomic E-state index is 6.19. The number of hydrogen-bond donors (Lipinski definition) is 2. The van der Waals surface area contributed by atoms with Crippen molar-refractivity contribution in [3.05, 3.63) is 28.8 Å². The average Bonchev–Trinajstić information content (AvgIpc) is 2.40. The minimum absolute atomic E-state index is 0.308. The molecule has 0 unspecified atom stereocenters. The Kier molecular flexibility index (Phi) is 4.89. The first-order valence-electron chi connectivity index (χ1n) is 6.92. The first-order chi connectivity index (χ1) is 9.41. The van der Waals surface area contributed by atoms with Crippen molar-refractivity contribution in [1.29, 1.82) is 0 Å². The molecule has 0 amide bonds. The van der Waals surface area contributed by atoms with E-state index in [2.05, 4.69) is 24.2 Å². The van der Waals surface area contributed by atoms with E-state index in [1.807, 2.05) is 18.2 Å². The van der Waals surface area contributed by atoms with Crippen LogP contribution in [0.25, 0.3) is 0 Å². The van der Waals surface area contributed by atoms with Crippen LogP contribution in [0.3, 0.4) is 0 Å². The number of nitrogens with two attached hydrogens (primary N) is 1. The molecule has 0 radical (unpaired) electrons. The quantitative estimate of drug-likeness (QED) is 0.838. The van der Waals surface area contributed by atoms with Gasteiger partial charge in [-0.2, -0.15) is 0 Å². The molecule has 1 heterocycles. The Morgan fingerprint density at radius 2 is 2.10 bits per heavy atom. The van der Waals surface area contributed by atoms with Crippen molar-refractivity contribution in [3.8, 4) is 0 Å². The number of anilines is 1. The fourth-order valence-corrected chi connectivity index (χ4v) is 3.12. The second-order valence-corrected chi connectivity index (χ2v) is 6.84. The number of thiocarbonyl (C=S) groups is 1. The summed E-state index contributed by atoms with van der Waals surface area (Å²) in [6, 6.07) is 5.72. The maximum Gasteiger partial charge on any atom is 0.107 e. The maximum atomic E-state index is 6.19. The summed E-state index contributed by atoms with van der Waals surface area (Å²) >= 11 is 11.3. The lowest BCUT2D eigenvalue weighted by Gasteiger charge is -2.38. The Labute approximate surface area is 131 Å². The van der Waals surface area contributed by atoms with Gasteiger partial charge in [0.1, 0.15) is 4.99 Å². The number of nitrogens with zero attached hydrogens (tertiary/aromatic N) is 1. The van der Waals surface area contributed by atoms with E-state index in [4.69, 9.17) is 29.6 Å². The second-order valence-electron chi connectivity index (χ2n) is 5.99. The van der Waals surface area contributed by atoms with Crippen molar-refractivity contribution >= 4 is 34.5 Å². The normalized spacial score (nSPS) is 18.8. The topological polar surface area (TPSA) is 41.3 Å². The van der Waals surface area contributed by atoms with E-state index in [0.717, 1.165) is 30.9 Å². The molecule has 0 atom stereocenters. The third kappa shape index (κ3) is 3.62. The Morgan fingerprint density at radius 1 is 1.45 bits per heavy atom. The van der Waals surface area contributed by atoms with Crippen LogP contribution < -0.4 is 11.1 Å². The van der Waals surface area contributed by atoms with Gasteiger partial charge in [0, 0.05) is 12.2 Å². The molecule has 1 saturated heterocycles. The van der Waals surface area contributed by atoms with Crippen LogP contribution in [0, 0.1) is 5.41 Å². The molecule has 5 heteroatoms. The van der Waals surface area contributed by atoms with Gasteiger partial charge in [0.15, 0.2) is 0 Å². The van der Waals surface area contributed by atoms with Crippen LogP contribution in [0.5, 0.6) is 0 Å². The van der Waals surface area contributed by atoms with Gasteiger partial charge in [-0.3, -0.25) is 0 Å². The van der Waals surface area contributed by atoms with Crippen LogP contribution in [0.15, 0.2) is 18.2 Å². The van der Waals surface area contributed by atoms with Gasteiger partial charge in [-0.25, -0.2) is 0 Å². The summed E-state index contributed by atoms with van der Waals surface area (Å²) in [5.74, 6) is 0. The van der Waals surface area contributed by atoms with Gasteiger partial charge >= 0.3 is 0 Å². The summed E-state index contributed by atoms with van der Waals surface area (Å²) in [4.78, 5) is 2.72. The molecule has 1 aromatic carbocycles. The summed E-state index contributed by atoms with van der Waals surface area (Å²) in [6.07, 6.45) is 2.39. The molecule has 110 valence electrons. The SMILES string of the molecule is CN1CCC(C)(CNc2cccc(Cl)c2C(N)=S)CC1. The number of piperidine rings is 1. The lowest BCUT2D eigenvalue weighted by Crippen LogP contribution is -2.40. The summed E-state index contributed by atoms with van der Waals surface area (Å²) in [5, 5.41) is 4.10. The van der Waals surface area contributed by atoms with Gasteiger partial charge in [0.25, 0.3) is 0 Å². The number of benzene rings is 1. The number of likely N-dealkylation sites (tertiary alicyclic amines) is 1. The van der Waals surface area contributed by atoms with Crippen LogP contribution >= 0.6 is 23.8 Å². The summed E-state index contributed by atoms with van der Waals surface area (Å²) in [5.41, 5.74) is 7.77. The van der Waals surface area contributed by atoms with E-state index in [1.54, 1.807) is 0 Å². The largest absolute Gasteiger partial charge is 0.389 e. The highest BCUT2D eigenvalue weighted by Crippen LogP contribution is 2.32. The third-order valence-electron chi connectivity index (χ3n) is 4.16. The van der Waals surface area contributed by atoms with Crippen molar-refractivity contribution in [2.24, 2.45) is 11.1 Å². The van der Waals surface area contributed by atoms with Crippen molar-refractivity contribution in [2.45, 2.75) is 19.8 Å². The van der Waals surface area contributed by atoms with Gasteiger partial charge in [0.05, 0.1) is 10.6 Å². The average molecular weight is 312 g/mol. The van der Waals surface area contributed by atoms with E-state index in [1.165, 1.54) is 12.8 Å². The fraction of sp³-hybridized carbons (Fsp3) is 0.533. The first-order valence-corrected chi connectivity index (χ1v) is 7.71. The zero-order valence-electron chi connectivity index (χ0n) is 12.1. The highest BCUT2D eigenvalue weighted by atomic mass is 35.5. The highest BCUT2D eigenvalue weighted by molar-refractivity contribution is 7.80. The molecule has 0 bridgehead atoms. The Balaban J connectivity index is 2.08. The van der Waals surface area contributed by atoms with Crippen molar-refractivity contribution < 1.29 is 0 Å². The molecule has 3 nitrogen and oxygen atoms in total. The van der Waals surface area contributed by atoms with Crippen molar-refractivity contribution in [1.82, 2.24) is 4.90 Å². The third-order valence-corrected chi connectivity index (χ3v) is 4.68. The zero-order chi connectivity index (χ0) is 14.8. The summed E-state index contributed by atoms with van der Waals surface area (Å²) < 4.78 is 0. The molecule has 0 aliphatic carbocycles. The number of rotatable bonds is 4. The second kappa shape index (κ2) is 6.29. The van der Waals surface area contributed by atoms with E-state index in [9.17, 15) is 0 Å². The molecular weight excluding hydrogens is 290 g/mol. The molecule has 0 spiro atoms. The Bertz CT molecular complexity index is 496. The van der Waals surface area contributed by atoms with Crippen molar-refractivity contribution in [2.75, 3.05) is 32.0 Å². The van der Waals surface area contributed by atoms with E-state index in [-0.39, 0.29) is 0 Å². The number of halogens is 1. The summed E-state index contributed by atoms with van der Waals surface area (Å²) in [7, 11) is 2.18. The monoisotopic (exact) mass is 311 g/mol. The van der Waals surface area contributed by atoms with Gasteiger partial charge in [-0.1, -0.05) is 36.8 Å². The molecule has 0 saturated carbocycles. The summed E-state index contributed by atoms with van der Waals surface area (Å²) in [6.45, 7) is 5.54. The van der Waals surface area contributed by atoms with Crippen LogP contribution in [0.4, 0.5) is 5.69 Å². The van der Waals surface area contributed by atoms with Gasteiger partial charge < -0.3 is 16.0 Å². The van der Waals surface area contributed by atoms with Crippen LogP contribution in [0.2, 0.25) is 5.02 Å². The predicted molar refractivity (Wildman–Crippen MR) is 90.7 cm³/mol. The smallest absolute Gasteiger partial charge is 0.107 e. The lowest BCUT2D eigenvalue weighted by molar-refractivity contribution is 0.150. The van der Waals surface area contributed by atoms with E-state index >= 15 is 0 Å². The molecule has 1 aromatic rings. The first kappa shape index (κ1) is 15.5. The fourth-order valence-electron chi connectivity index (χ4n) is 2.57. The van der Waals surface area contributed by atoms with Crippen LogP contribution in [0.1, 0.15) is 25.3 Å². The minimum Gasteiger partial charge on any atom is -0.389 e. The Morgan fingerprint density at radius 3 is 2.70 bits per heavy atom. The molecule has 1 aliphatic heterocycles. The number of nitrogens with one attached hydrogen (secondary N) is 1. The lowest BCUT2D eigenvalue weighted by atomic mass is 9.80. The molecule has 3 N–H and O–H groups in total. The van der Waals surface area contributed by atoms with Gasteiger partial charge in [-0.05, 0) is 50.5 Å². The molecule has 20 heavy (non-hydrogen) atoms. The number of hydrogen-bond acceptors (Lipinski definition) is 3. The molecule has 0 aromatic heterocycles. The molecule has 1 fully saturated rings. The van der Waals surface area contributed by atoms with E-state index < -0.39 is 0 Å². The van der Waals surface area contributed by atoms with Crippen LogP contribution in [-0.4, -0.2) is 36.6 Å². The zero-order valence-corrected chi connectivity index (χ0v) is 13.7. The molecule has 1 aliphatic rings. The predicted octanol–water partition coefficient (Wildman–Crippen LogP) is 3.12. The van der Waals surface area contributed by atoms with E-state index in [0.29, 0.717) is 15.4 Å².